The predicted molar refractivity (Wildman–Crippen MR) is 148 cm³/mol. The van der Waals surface area contributed by atoms with Crippen LogP contribution in [0.3, 0.4) is 0 Å². The van der Waals surface area contributed by atoms with Gasteiger partial charge in [-0.05, 0) is 54.9 Å². The van der Waals surface area contributed by atoms with Gasteiger partial charge in [-0.2, -0.15) is 23.1 Å². The summed E-state index contributed by atoms with van der Waals surface area (Å²) in [6, 6.07) is 8.19. The molecule has 0 saturated carbocycles. The quantitative estimate of drug-likeness (QED) is 0.337. The number of carboxylic acid groups (broad SMARTS) is 1. The fraction of sp³-hybridized carbons (Fsp3) is 0.429. The number of piperidine rings is 1. The monoisotopic (exact) mass is 590 g/mol. The van der Waals surface area contributed by atoms with E-state index in [0.29, 0.717) is 43.7 Å². The van der Waals surface area contributed by atoms with Crippen LogP contribution in [0.25, 0.3) is 11.1 Å². The molecule has 218 valence electrons. The van der Waals surface area contributed by atoms with Gasteiger partial charge in [0.2, 0.25) is 17.9 Å². The molecule has 3 aromatic rings. The summed E-state index contributed by atoms with van der Waals surface area (Å²) < 4.78 is 48.9. The number of halogens is 4. The Morgan fingerprint density at radius 1 is 1.27 bits per heavy atom. The van der Waals surface area contributed by atoms with Crippen LogP contribution in [0, 0.1) is 5.41 Å². The van der Waals surface area contributed by atoms with Crippen LogP contribution in [0.2, 0.25) is 5.02 Å². The van der Waals surface area contributed by atoms with Gasteiger partial charge in [-0.25, -0.2) is 0 Å². The van der Waals surface area contributed by atoms with E-state index in [4.69, 9.17) is 22.1 Å². The smallest absolute Gasteiger partial charge is 0.429 e. The molecule has 1 aromatic carbocycles. The maximum atomic E-state index is 14.5. The molecule has 2 aliphatic heterocycles. The second-order valence-electron chi connectivity index (χ2n) is 10.5. The number of hydrogen-bond donors (Lipinski definition) is 3. The first-order valence-corrected chi connectivity index (χ1v) is 13.7. The molecular weight excluding hydrogens is 561 g/mol. The molecular formula is C28H30ClF3N6O3. The van der Waals surface area contributed by atoms with Crippen molar-refractivity contribution >= 4 is 29.3 Å². The van der Waals surface area contributed by atoms with Gasteiger partial charge in [-0.15, -0.1) is 0 Å². The standard InChI is InChI=1S/C28H30ClF3N6O3/c1-2-21-27(14-20(35-21)25(39)40)7-10-38(11-8-27)22-13-23(37-26(33)36-22)41-24(28(30,31)32)18-6-5-17(29)12-19(18)16-4-3-9-34-15-16/h3-6,9,12-13,15,20-21,24,35H,2,7-8,10-11,14H2,1H3,(H,39,40)(H2,33,36,37)/t20?,21?,24-/m1/s1. The van der Waals surface area contributed by atoms with Crippen molar-refractivity contribution in [1.82, 2.24) is 20.3 Å². The number of aliphatic carboxylic acids is 1. The molecule has 0 bridgehead atoms. The number of carbonyl (C=O) groups is 1. The average molecular weight is 591 g/mol. The Balaban J connectivity index is 1.41. The molecule has 2 aromatic heterocycles. The summed E-state index contributed by atoms with van der Waals surface area (Å²) in [5.41, 5.74) is 6.28. The van der Waals surface area contributed by atoms with Gasteiger partial charge in [0.25, 0.3) is 0 Å². The van der Waals surface area contributed by atoms with Crippen LogP contribution in [-0.4, -0.2) is 57.4 Å². The van der Waals surface area contributed by atoms with E-state index in [2.05, 4.69) is 20.3 Å². The van der Waals surface area contributed by atoms with Gasteiger partial charge in [-0.1, -0.05) is 30.7 Å². The Labute approximate surface area is 239 Å². The number of pyridine rings is 1. The molecule has 41 heavy (non-hydrogen) atoms. The van der Waals surface area contributed by atoms with Crippen molar-refractivity contribution in [2.24, 2.45) is 5.41 Å². The fourth-order valence-electron chi connectivity index (χ4n) is 6.08. The van der Waals surface area contributed by atoms with E-state index >= 15 is 0 Å². The SMILES string of the molecule is CCC1NC(C(=O)O)CC12CCN(c1cc(O[C@H](c3ccc(Cl)cc3-c3cccnc3)C(F)(F)F)nc(N)n1)CC2. The highest BCUT2D eigenvalue weighted by Crippen LogP contribution is 2.46. The van der Waals surface area contributed by atoms with Crippen molar-refractivity contribution in [1.29, 1.82) is 0 Å². The van der Waals surface area contributed by atoms with E-state index in [-0.39, 0.29) is 39.4 Å². The molecule has 4 heterocycles. The molecule has 2 unspecified atom stereocenters. The Kier molecular flexibility index (Phi) is 7.97. The largest absolute Gasteiger partial charge is 0.480 e. The van der Waals surface area contributed by atoms with Crippen LogP contribution in [0.1, 0.15) is 44.3 Å². The molecule has 4 N–H and O–H groups in total. The van der Waals surface area contributed by atoms with E-state index in [0.717, 1.165) is 6.42 Å². The normalized spacial score (nSPS) is 21.1. The lowest BCUT2D eigenvalue weighted by atomic mass is 9.71. The van der Waals surface area contributed by atoms with E-state index in [9.17, 15) is 23.1 Å². The lowest BCUT2D eigenvalue weighted by molar-refractivity contribution is -0.198. The van der Waals surface area contributed by atoms with Gasteiger partial charge >= 0.3 is 12.1 Å². The molecule has 0 amide bonds. The zero-order valence-corrected chi connectivity index (χ0v) is 23.0. The zero-order chi connectivity index (χ0) is 29.4. The van der Waals surface area contributed by atoms with Crippen molar-refractivity contribution in [3.63, 3.8) is 0 Å². The topological polar surface area (TPSA) is 126 Å². The molecule has 1 spiro atoms. The van der Waals surface area contributed by atoms with E-state index in [1.807, 2.05) is 11.8 Å². The molecule has 2 fully saturated rings. The van der Waals surface area contributed by atoms with Crippen molar-refractivity contribution in [3.05, 3.63) is 59.4 Å². The molecule has 0 radical (unpaired) electrons. The van der Waals surface area contributed by atoms with E-state index < -0.39 is 24.3 Å². The number of hydrogen-bond acceptors (Lipinski definition) is 8. The molecule has 5 rings (SSSR count). The van der Waals surface area contributed by atoms with E-state index in [1.54, 1.807) is 12.1 Å². The second-order valence-corrected chi connectivity index (χ2v) is 10.9. The number of aromatic nitrogens is 3. The van der Waals surface area contributed by atoms with Gasteiger partial charge in [0.05, 0.1) is 0 Å². The van der Waals surface area contributed by atoms with Gasteiger partial charge < -0.3 is 25.8 Å². The lowest BCUT2D eigenvalue weighted by Gasteiger charge is -2.43. The Bertz CT molecular complexity index is 1400. The summed E-state index contributed by atoms with van der Waals surface area (Å²) in [6.45, 7) is 3.10. The summed E-state index contributed by atoms with van der Waals surface area (Å²) in [5.74, 6) is -1.05. The molecule has 2 saturated heterocycles. The van der Waals surface area contributed by atoms with Crippen LogP contribution in [0.15, 0.2) is 48.8 Å². The predicted octanol–water partition coefficient (Wildman–Crippen LogP) is 5.27. The third-order valence-corrected chi connectivity index (χ3v) is 8.29. The minimum Gasteiger partial charge on any atom is -0.480 e. The van der Waals surface area contributed by atoms with Gasteiger partial charge in [0.15, 0.2) is 0 Å². The van der Waals surface area contributed by atoms with Crippen molar-refractivity contribution < 1.29 is 27.8 Å². The number of carboxylic acids is 1. The summed E-state index contributed by atoms with van der Waals surface area (Å²) in [4.78, 5) is 25.8. The Morgan fingerprint density at radius 3 is 2.66 bits per heavy atom. The van der Waals surface area contributed by atoms with Crippen LogP contribution >= 0.6 is 11.6 Å². The molecule has 9 nitrogen and oxygen atoms in total. The number of rotatable bonds is 7. The van der Waals surface area contributed by atoms with Crippen molar-refractivity contribution in [3.8, 4) is 17.0 Å². The highest BCUT2D eigenvalue weighted by molar-refractivity contribution is 6.30. The molecule has 2 aliphatic rings. The zero-order valence-electron chi connectivity index (χ0n) is 22.2. The lowest BCUT2D eigenvalue weighted by Crippen LogP contribution is -2.46. The summed E-state index contributed by atoms with van der Waals surface area (Å²) in [5, 5.41) is 13.0. The van der Waals surface area contributed by atoms with Gasteiger partial charge in [0.1, 0.15) is 11.9 Å². The maximum Gasteiger partial charge on any atom is 0.429 e. The number of benzene rings is 1. The number of nitrogens with one attached hydrogen (secondary N) is 1. The van der Waals surface area contributed by atoms with Crippen LogP contribution < -0.4 is 20.7 Å². The first kappa shape index (κ1) is 28.9. The van der Waals surface area contributed by atoms with Crippen molar-refractivity contribution in [2.75, 3.05) is 23.7 Å². The number of nitrogens with two attached hydrogens (primary N) is 1. The van der Waals surface area contributed by atoms with Crippen LogP contribution in [0.4, 0.5) is 24.9 Å². The summed E-state index contributed by atoms with van der Waals surface area (Å²) in [7, 11) is 0. The Hall–Kier alpha value is -3.64. The van der Waals surface area contributed by atoms with Gasteiger partial charge in [0, 0.05) is 53.7 Å². The van der Waals surface area contributed by atoms with Crippen molar-refractivity contribution in [2.45, 2.75) is 57.0 Å². The third-order valence-electron chi connectivity index (χ3n) is 8.05. The average Bonchev–Trinajstić information content (AvgIpc) is 3.30. The first-order valence-electron chi connectivity index (χ1n) is 13.3. The number of nitrogens with zero attached hydrogens (tertiary/aromatic N) is 4. The number of alkyl halides is 3. The minimum absolute atomic E-state index is 0.0704. The first-order chi connectivity index (χ1) is 19.5. The summed E-state index contributed by atoms with van der Waals surface area (Å²) in [6.07, 6.45) is -1.46. The Morgan fingerprint density at radius 2 is 2.02 bits per heavy atom. The third kappa shape index (κ3) is 6.03. The molecule has 13 heteroatoms. The maximum absolute atomic E-state index is 14.5. The number of ether oxygens (including phenoxy) is 1. The van der Waals surface area contributed by atoms with E-state index in [1.165, 1.54) is 36.7 Å². The number of nitrogen functional groups attached to an aromatic ring is 1. The summed E-state index contributed by atoms with van der Waals surface area (Å²) >= 11 is 6.14. The second kappa shape index (κ2) is 11.3. The van der Waals surface area contributed by atoms with Gasteiger partial charge in [-0.3, -0.25) is 9.78 Å². The fourth-order valence-corrected chi connectivity index (χ4v) is 6.25. The minimum atomic E-state index is -4.80. The van der Waals surface area contributed by atoms with Crippen LogP contribution in [-0.2, 0) is 4.79 Å². The molecule has 0 aliphatic carbocycles. The van der Waals surface area contributed by atoms with Crippen LogP contribution in [0.5, 0.6) is 5.88 Å². The highest BCUT2D eigenvalue weighted by atomic mass is 35.5. The number of anilines is 2. The highest BCUT2D eigenvalue weighted by Gasteiger charge is 2.50. The molecule has 3 atom stereocenters.